The molecule has 0 aliphatic carbocycles. The molecule has 2 atom stereocenters. The standard InChI is InChI=1S/C14H25N3O/c1-11-5-6-12(18-11)10-17-8-7-15-13(17)9-16-14(2,3)4/h7-8,11-12,16H,5-6,9-10H2,1-4H3. The maximum Gasteiger partial charge on any atom is 0.122 e. The largest absolute Gasteiger partial charge is 0.373 e. The molecule has 0 spiro atoms. The Balaban J connectivity index is 1.91. The van der Waals surface area contributed by atoms with Crippen LogP contribution < -0.4 is 5.32 Å². The molecule has 0 saturated carbocycles. The Morgan fingerprint density at radius 2 is 2.22 bits per heavy atom. The summed E-state index contributed by atoms with van der Waals surface area (Å²) in [6.45, 7) is 10.4. The zero-order valence-corrected chi connectivity index (χ0v) is 11.9. The number of hydrogen-bond acceptors (Lipinski definition) is 3. The van der Waals surface area contributed by atoms with Gasteiger partial charge < -0.3 is 14.6 Å². The Hall–Kier alpha value is -0.870. The van der Waals surface area contributed by atoms with E-state index in [1.807, 2.05) is 12.4 Å². The Morgan fingerprint density at radius 3 is 2.83 bits per heavy atom. The molecule has 0 bridgehead atoms. The normalized spacial score (nSPS) is 24.7. The smallest absolute Gasteiger partial charge is 0.122 e. The second-order valence-electron chi connectivity index (χ2n) is 6.25. The van der Waals surface area contributed by atoms with Crippen molar-refractivity contribution in [2.24, 2.45) is 0 Å². The van der Waals surface area contributed by atoms with E-state index in [9.17, 15) is 0 Å². The molecule has 2 rings (SSSR count). The second kappa shape index (κ2) is 5.41. The van der Waals surface area contributed by atoms with Crippen molar-refractivity contribution < 1.29 is 4.74 Å². The van der Waals surface area contributed by atoms with Gasteiger partial charge in [-0.2, -0.15) is 0 Å². The highest BCUT2D eigenvalue weighted by Gasteiger charge is 2.22. The third kappa shape index (κ3) is 3.82. The average molecular weight is 251 g/mol. The van der Waals surface area contributed by atoms with E-state index in [4.69, 9.17) is 4.74 Å². The van der Waals surface area contributed by atoms with E-state index in [1.165, 1.54) is 6.42 Å². The molecule has 1 aromatic rings. The molecule has 2 heterocycles. The third-order valence-electron chi connectivity index (χ3n) is 3.30. The number of rotatable bonds is 4. The number of nitrogens with zero attached hydrogens (tertiary/aromatic N) is 2. The van der Waals surface area contributed by atoms with Gasteiger partial charge in [-0.25, -0.2) is 4.98 Å². The number of aromatic nitrogens is 2. The molecule has 102 valence electrons. The number of ether oxygens (including phenoxy) is 1. The van der Waals surface area contributed by atoms with Gasteiger partial charge in [0.25, 0.3) is 0 Å². The lowest BCUT2D eigenvalue weighted by atomic mass is 10.1. The first-order chi connectivity index (χ1) is 8.44. The van der Waals surface area contributed by atoms with Crippen molar-refractivity contribution in [3.8, 4) is 0 Å². The molecule has 1 aromatic heterocycles. The van der Waals surface area contributed by atoms with E-state index in [2.05, 4.69) is 42.6 Å². The lowest BCUT2D eigenvalue weighted by molar-refractivity contribution is 0.0452. The van der Waals surface area contributed by atoms with Crippen molar-refractivity contribution >= 4 is 0 Å². The molecule has 2 unspecified atom stereocenters. The zero-order valence-electron chi connectivity index (χ0n) is 11.9. The summed E-state index contributed by atoms with van der Waals surface area (Å²) in [5.41, 5.74) is 0.120. The molecule has 4 heteroatoms. The fourth-order valence-electron chi connectivity index (χ4n) is 2.26. The molecule has 0 radical (unpaired) electrons. The van der Waals surface area contributed by atoms with Gasteiger partial charge in [-0.1, -0.05) is 0 Å². The minimum Gasteiger partial charge on any atom is -0.373 e. The fourth-order valence-corrected chi connectivity index (χ4v) is 2.26. The zero-order chi connectivity index (χ0) is 13.2. The number of imidazole rings is 1. The minimum absolute atomic E-state index is 0.120. The molecular formula is C14H25N3O. The summed E-state index contributed by atoms with van der Waals surface area (Å²) in [6.07, 6.45) is 7.02. The Bertz CT molecular complexity index is 381. The summed E-state index contributed by atoms with van der Waals surface area (Å²) in [5.74, 6) is 1.09. The molecule has 1 saturated heterocycles. The lowest BCUT2D eigenvalue weighted by Gasteiger charge is -2.21. The number of nitrogens with one attached hydrogen (secondary N) is 1. The van der Waals surface area contributed by atoms with Crippen molar-refractivity contribution in [1.82, 2.24) is 14.9 Å². The highest BCUT2D eigenvalue weighted by Crippen LogP contribution is 2.20. The van der Waals surface area contributed by atoms with Crippen LogP contribution in [0.4, 0.5) is 0 Å². The summed E-state index contributed by atoms with van der Waals surface area (Å²) in [7, 11) is 0. The van der Waals surface area contributed by atoms with Crippen LogP contribution in [-0.2, 0) is 17.8 Å². The van der Waals surface area contributed by atoms with Gasteiger partial charge in [0.1, 0.15) is 5.82 Å². The molecule has 1 aliphatic rings. The summed E-state index contributed by atoms with van der Waals surface area (Å²) < 4.78 is 8.08. The van der Waals surface area contributed by atoms with Crippen LogP contribution in [0.3, 0.4) is 0 Å². The topological polar surface area (TPSA) is 39.1 Å². The quantitative estimate of drug-likeness (QED) is 0.892. The first-order valence-corrected chi connectivity index (χ1v) is 6.84. The summed E-state index contributed by atoms with van der Waals surface area (Å²) >= 11 is 0. The summed E-state index contributed by atoms with van der Waals surface area (Å²) in [5, 5.41) is 3.47. The maximum absolute atomic E-state index is 5.87. The summed E-state index contributed by atoms with van der Waals surface area (Å²) in [6, 6.07) is 0. The Kier molecular flexibility index (Phi) is 4.07. The maximum atomic E-state index is 5.87. The van der Waals surface area contributed by atoms with Gasteiger partial charge >= 0.3 is 0 Å². The van der Waals surface area contributed by atoms with E-state index < -0.39 is 0 Å². The van der Waals surface area contributed by atoms with Crippen molar-refractivity contribution in [2.75, 3.05) is 0 Å². The van der Waals surface area contributed by atoms with Crippen LogP contribution in [0.5, 0.6) is 0 Å². The molecule has 0 amide bonds. The molecule has 1 N–H and O–H groups in total. The van der Waals surface area contributed by atoms with E-state index in [0.717, 1.165) is 25.3 Å². The van der Waals surface area contributed by atoms with Gasteiger partial charge in [0.2, 0.25) is 0 Å². The predicted molar refractivity (Wildman–Crippen MR) is 72.4 cm³/mol. The predicted octanol–water partition coefficient (Wildman–Crippen LogP) is 2.34. The second-order valence-corrected chi connectivity index (χ2v) is 6.25. The monoisotopic (exact) mass is 251 g/mol. The molecule has 1 fully saturated rings. The average Bonchev–Trinajstić information content (AvgIpc) is 2.85. The molecule has 0 aromatic carbocycles. The van der Waals surface area contributed by atoms with Crippen LogP contribution in [0.1, 0.15) is 46.4 Å². The highest BCUT2D eigenvalue weighted by molar-refractivity contribution is 4.94. The SMILES string of the molecule is CC1CCC(Cn2ccnc2CNC(C)(C)C)O1. The molecule has 18 heavy (non-hydrogen) atoms. The number of hydrogen-bond donors (Lipinski definition) is 1. The first kappa shape index (κ1) is 13.6. The van der Waals surface area contributed by atoms with Crippen LogP contribution >= 0.6 is 0 Å². The van der Waals surface area contributed by atoms with Crippen molar-refractivity contribution in [3.05, 3.63) is 18.2 Å². The van der Waals surface area contributed by atoms with E-state index in [0.29, 0.717) is 12.2 Å². The van der Waals surface area contributed by atoms with Crippen LogP contribution in [0.2, 0.25) is 0 Å². The lowest BCUT2D eigenvalue weighted by Crippen LogP contribution is -2.36. The van der Waals surface area contributed by atoms with E-state index in [-0.39, 0.29) is 5.54 Å². The fraction of sp³-hybridized carbons (Fsp3) is 0.786. The third-order valence-corrected chi connectivity index (χ3v) is 3.30. The Labute approximate surface area is 110 Å². The van der Waals surface area contributed by atoms with E-state index >= 15 is 0 Å². The van der Waals surface area contributed by atoms with Gasteiger partial charge in [0, 0.05) is 17.9 Å². The minimum atomic E-state index is 0.120. The van der Waals surface area contributed by atoms with Crippen molar-refractivity contribution in [3.63, 3.8) is 0 Å². The van der Waals surface area contributed by atoms with Gasteiger partial charge in [-0.3, -0.25) is 0 Å². The summed E-state index contributed by atoms with van der Waals surface area (Å²) in [4.78, 5) is 4.43. The first-order valence-electron chi connectivity index (χ1n) is 6.84. The van der Waals surface area contributed by atoms with Crippen LogP contribution in [0.15, 0.2) is 12.4 Å². The van der Waals surface area contributed by atoms with Gasteiger partial charge in [-0.15, -0.1) is 0 Å². The van der Waals surface area contributed by atoms with Crippen LogP contribution in [0, 0.1) is 0 Å². The Morgan fingerprint density at radius 1 is 1.44 bits per heavy atom. The van der Waals surface area contributed by atoms with E-state index in [1.54, 1.807) is 0 Å². The molecule has 4 nitrogen and oxygen atoms in total. The van der Waals surface area contributed by atoms with Gasteiger partial charge in [0.05, 0.1) is 25.3 Å². The van der Waals surface area contributed by atoms with Crippen LogP contribution in [-0.4, -0.2) is 27.3 Å². The van der Waals surface area contributed by atoms with Gasteiger partial charge in [0.15, 0.2) is 0 Å². The molecule has 1 aliphatic heterocycles. The van der Waals surface area contributed by atoms with Crippen molar-refractivity contribution in [1.29, 1.82) is 0 Å². The van der Waals surface area contributed by atoms with Crippen molar-refractivity contribution in [2.45, 2.75) is 71.4 Å². The molecular weight excluding hydrogens is 226 g/mol. The van der Waals surface area contributed by atoms with Crippen LogP contribution in [0.25, 0.3) is 0 Å². The highest BCUT2D eigenvalue weighted by atomic mass is 16.5. The van der Waals surface area contributed by atoms with Gasteiger partial charge in [-0.05, 0) is 40.5 Å².